The van der Waals surface area contributed by atoms with E-state index in [1.165, 1.54) is 5.56 Å². The van der Waals surface area contributed by atoms with Crippen LogP contribution in [-0.4, -0.2) is 41.4 Å². The third-order valence-corrected chi connectivity index (χ3v) is 4.29. The molecule has 4 heteroatoms. The van der Waals surface area contributed by atoms with Gasteiger partial charge in [0.15, 0.2) is 5.78 Å². The number of hydrogen-bond donors (Lipinski definition) is 1. The molecule has 1 aliphatic heterocycles. The molecule has 22 heavy (non-hydrogen) atoms. The number of Topliss-reactive ketones (excluding diaryl/α,β-unsaturated/α-hetero) is 1. The maximum absolute atomic E-state index is 12.4. The summed E-state index contributed by atoms with van der Waals surface area (Å²) in [5.74, 6) is -1.04. The van der Waals surface area contributed by atoms with Gasteiger partial charge in [-0.3, -0.25) is 14.5 Å². The number of aliphatic carboxylic acids is 1. The standard InChI is InChI=1S/C18H25NO3/c1-18(2,3)15-8-6-13(7-9-15)16(20)12-19-10-4-5-14(11-19)17(21)22/h6-9,14H,4-5,10-12H2,1-3H3,(H,21,22). The summed E-state index contributed by atoms with van der Waals surface area (Å²) < 4.78 is 0. The van der Waals surface area contributed by atoms with Gasteiger partial charge in [0.25, 0.3) is 0 Å². The molecule has 0 aliphatic carbocycles. The highest BCUT2D eigenvalue weighted by atomic mass is 16.4. The second-order valence-corrected chi connectivity index (χ2v) is 7.16. The van der Waals surface area contributed by atoms with Crippen LogP contribution in [0.15, 0.2) is 24.3 Å². The van der Waals surface area contributed by atoms with Gasteiger partial charge in [0.1, 0.15) is 0 Å². The minimum absolute atomic E-state index is 0.0616. The van der Waals surface area contributed by atoms with Crippen LogP contribution in [0.4, 0.5) is 0 Å². The number of nitrogens with zero attached hydrogens (tertiary/aromatic N) is 1. The molecule has 0 radical (unpaired) electrons. The lowest BCUT2D eigenvalue weighted by molar-refractivity contribution is -0.143. The van der Waals surface area contributed by atoms with Crippen LogP contribution in [0.3, 0.4) is 0 Å². The average molecular weight is 303 g/mol. The minimum Gasteiger partial charge on any atom is -0.481 e. The first-order valence-electron chi connectivity index (χ1n) is 7.86. The molecule has 0 bridgehead atoms. The predicted octanol–water partition coefficient (Wildman–Crippen LogP) is 2.96. The lowest BCUT2D eigenvalue weighted by Crippen LogP contribution is -2.41. The minimum atomic E-state index is -0.758. The Kier molecular flexibility index (Phi) is 5.01. The molecule has 1 aliphatic rings. The highest BCUT2D eigenvalue weighted by molar-refractivity contribution is 5.97. The molecule has 1 aromatic carbocycles. The van der Waals surface area contributed by atoms with Crippen molar-refractivity contribution in [2.45, 2.75) is 39.0 Å². The third-order valence-electron chi connectivity index (χ3n) is 4.29. The van der Waals surface area contributed by atoms with Crippen LogP contribution >= 0.6 is 0 Å². The molecule has 1 aromatic rings. The normalized spacial score (nSPS) is 19.9. The number of hydrogen-bond acceptors (Lipinski definition) is 3. The van der Waals surface area contributed by atoms with E-state index in [9.17, 15) is 9.59 Å². The van der Waals surface area contributed by atoms with Gasteiger partial charge in [-0.2, -0.15) is 0 Å². The molecule has 2 rings (SSSR count). The lowest BCUT2D eigenvalue weighted by Gasteiger charge is -2.30. The molecule has 0 spiro atoms. The summed E-state index contributed by atoms with van der Waals surface area (Å²) in [6.07, 6.45) is 1.55. The number of ketones is 1. The highest BCUT2D eigenvalue weighted by Gasteiger charge is 2.26. The first-order chi connectivity index (χ1) is 10.3. The van der Waals surface area contributed by atoms with E-state index in [-0.39, 0.29) is 17.1 Å². The Hall–Kier alpha value is -1.68. The summed E-state index contributed by atoms with van der Waals surface area (Å²) in [4.78, 5) is 25.4. The van der Waals surface area contributed by atoms with Gasteiger partial charge in [-0.25, -0.2) is 0 Å². The fraction of sp³-hybridized carbons (Fsp3) is 0.556. The Morgan fingerprint density at radius 3 is 2.41 bits per heavy atom. The number of carbonyl (C=O) groups is 2. The monoisotopic (exact) mass is 303 g/mol. The van der Waals surface area contributed by atoms with Gasteiger partial charge in [0, 0.05) is 12.1 Å². The molecule has 1 N–H and O–H groups in total. The van der Waals surface area contributed by atoms with E-state index < -0.39 is 5.97 Å². The maximum atomic E-state index is 12.4. The fourth-order valence-electron chi connectivity index (χ4n) is 2.85. The van der Waals surface area contributed by atoms with Crippen molar-refractivity contribution in [1.82, 2.24) is 4.90 Å². The molecule has 0 amide bonds. The molecule has 1 fully saturated rings. The molecule has 1 unspecified atom stereocenters. The third kappa shape index (κ3) is 4.17. The smallest absolute Gasteiger partial charge is 0.307 e. The van der Waals surface area contributed by atoms with E-state index in [4.69, 9.17) is 5.11 Å². The summed E-state index contributed by atoms with van der Waals surface area (Å²) in [6, 6.07) is 7.76. The number of benzene rings is 1. The Balaban J connectivity index is 1.98. The maximum Gasteiger partial charge on any atom is 0.307 e. The number of piperidine rings is 1. The van der Waals surface area contributed by atoms with Crippen molar-refractivity contribution in [2.75, 3.05) is 19.6 Å². The molecule has 1 heterocycles. The van der Waals surface area contributed by atoms with Gasteiger partial charge in [0.05, 0.1) is 12.5 Å². The van der Waals surface area contributed by atoms with Crippen LogP contribution < -0.4 is 0 Å². The molecule has 120 valence electrons. The van der Waals surface area contributed by atoms with Gasteiger partial charge in [0.2, 0.25) is 0 Å². The van der Waals surface area contributed by atoms with Gasteiger partial charge < -0.3 is 5.11 Å². The highest BCUT2D eigenvalue weighted by Crippen LogP contribution is 2.22. The van der Waals surface area contributed by atoms with Crippen molar-refractivity contribution >= 4 is 11.8 Å². The van der Waals surface area contributed by atoms with Crippen molar-refractivity contribution in [3.63, 3.8) is 0 Å². The number of carboxylic acids is 1. The summed E-state index contributed by atoms with van der Waals surface area (Å²) in [5.41, 5.74) is 1.97. The largest absolute Gasteiger partial charge is 0.481 e. The molecule has 0 saturated carbocycles. The van der Waals surface area contributed by atoms with Crippen molar-refractivity contribution in [3.8, 4) is 0 Å². The van der Waals surface area contributed by atoms with Gasteiger partial charge in [-0.1, -0.05) is 45.0 Å². The summed E-state index contributed by atoms with van der Waals surface area (Å²) in [6.45, 7) is 8.01. The SMILES string of the molecule is CC(C)(C)c1ccc(C(=O)CN2CCCC(C(=O)O)C2)cc1. The molecule has 0 aromatic heterocycles. The second kappa shape index (κ2) is 6.61. The predicted molar refractivity (Wildman–Crippen MR) is 86.3 cm³/mol. The van der Waals surface area contributed by atoms with Crippen molar-refractivity contribution in [1.29, 1.82) is 0 Å². The van der Waals surface area contributed by atoms with E-state index in [0.717, 1.165) is 13.0 Å². The number of likely N-dealkylation sites (tertiary alicyclic amines) is 1. The number of rotatable bonds is 4. The topological polar surface area (TPSA) is 57.6 Å². The van der Waals surface area contributed by atoms with Crippen molar-refractivity contribution in [2.24, 2.45) is 5.92 Å². The Labute approximate surface area is 132 Å². The molecule has 4 nitrogen and oxygen atoms in total. The van der Waals surface area contributed by atoms with Crippen LogP contribution in [-0.2, 0) is 10.2 Å². The second-order valence-electron chi connectivity index (χ2n) is 7.16. The van der Waals surface area contributed by atoms with Crippen LogP contribution in [0.25, 0.3) is 0 Å². The zero-order valence-corrected chi connectivity index (χ0v) is 13.6. The van der Waals surface area contributed by atoms with Crippen molar-refractivity contribution in [3.05, 3.63) is 35.4 Å². The summed E-state index contributed by atoms with van der Waals surface area (Å²) in [5, 5.41) is 9.10. The molecular weight excluding hydrogens is 278 g/mol. The lowest BCUT2D eigenvalue weighted by atomic mass is 9.86. The summed E-state index contributed by atoms with van der Waals surface area (Å²) >= 11 is 0. The van der Waals surface area contributed by atoms with Crippen LogP contribution in [0.1, 0.15) is 49.5 Å². The van der Waals surface area contributed by atoms with Gasteiger partial charge in [-0.15, -0.1) is 0 Å². The number of carbonyl (C=O) groups excluding carboxylic acids is 1. The first-order valence-corrected chi connectivity index (χ1v) is 7.86. The quantitative estimate of drug-likeness (QED) is 0.869. The number of carboxylic acid groups (broad SMARTS) is 1. The van der Waals surface area contributed by atoms with Crippen LogP contribution in [0.5, 0.6) is 0 Å². The average Bonchev–Trinajstić information content (AvgIpc) is 2.46. The molecular formula is C18H25NO3. The Morgan fingerprint density at radius 1 is 1.23 bits per heavy atom. The zero-order valence-electron chi connectivity index (χ0n) is 13.6. The fourth-order valence-corrected chi connectivity index (χ4v) is 2.85. The Bertz CT molecular complexity index is 542. The molecule has 1 saturated heterocycles. The molecule has 1 atom stereocenters. The van der Waals surface area contributed by atoms with Gasteiger partial charge in [-0.05, 0) is 30.4 Å². The van der Waals surface area contributed by atoms with E-state index in [1.54, 1.807) is 0 Å². The van der Waals surface area contributed by atoms with E-state index in [2.05, 4.69) is 20.8 Å². The van der Waals surface area contributed by atoms with E-state index in [0.29, 0.717) is 25.1 Å². The van der Waals surface area contributed by atoms with E-state index in [1.807, 2.05) is 29.2 Å². The van der Waals surface area contributed by atoms with Gasteiger partial charge >= 0.3 is 5.97 Å². The van der Waals surface area contributed by atoms with E-state index >= 15 is 0 Å². The van der Waals surface area contributed by atoms with Crippen LogP contribution in [0.2, 0.25) is 0 Å². The Morgan fingerprint density at radius 2 is 1.86 bits per heavy atom. The zero-order chi connectivity index (χ0) is 16.3. The van der Waals surface area contributed by atoms with Crippen LogP contribution in [0, 0.1) is 5.92 Å². The van der Waals surface area contributed by atoms with Crippen molar-refractivity contribution < 1.29 is 14.7 Å². The first kappa shape index (κ1) is 16.7. The summed E-state index contributed by atoms with van der Waals surface area (Å²) in [7, 11) is 0.